The van der Waals surface area contributed by atoms with E-state index in [1.807, 2.05) is 24.3 Å². The van der Waals surface area contributed by atoms with Gasteiger partial charge in [-0.3, -0.25) is 0 Å². The fourth-order valence-electron chi connectivity index (χ4n) is 1.61. The molecule has 3 N–H and O–H groups in total. The number of benzene rings is 2. The molecule has 0 aliphatic carbocycles. The van der Waals surface area contributed by atoms with Crippen LogP contribution in [0.25, 0.3) is 10.8 Å². The molecular weight excluding hydrogens is 186 g/mol. The summed E-state index contributed by atoms with van der Waals surface area (Å²) in [6, 6.07) is 14.4. The van der Waals surface area contributed by atoms with Gasteiger partial charge in [0, 0.05) is 11.8 Å². The van der Waals surface area contributed by atoms with E-state index in [0.29, 0.717) is 0 Å². The average Bonchev–Trinajstić information content (AvgIpc) is 2.30. The molecule has 0 bridgehead atoms. The first-order valence-corrected chi connectivity index (χ1v) is 5.31. The largest absolute Gasteiger partial charge is 0.493 e. The molecular formula is C13H16NO+. The second-order valence-electron chi connectivity index (χ2n) is 3.53. The molecule has 2 nitrogen and oxygen atoms in total. The molecule has 78 valence electrons. The van der Waals surface area contributed by atoms with Crippen LogP contribution < -0.4 is 10.5 Å². The fraction of sp³-hybridized carbons (Fsp3) is 0.231. The van der Waals surface area contributed by atoms with Crippen molar-refractivity contribution in [2.24, 2.45) is 0 Å². The van der Waals surface area contributed by atoms with Gasteiger partial charge in [0.15, 0.2) is 0 Å². The molecule has 0 fully saturated rings. The van der Waals surface area contributed by atoms with Crippen LogP contribution in [0.5, 0.6) is 5.75 Å². The lowest BCUT2D eigenvalue weighted by Gasteiger charge is -2.07. The molecule has 0 saturated heterocycles. The van der Waals surface area contributed by atoms with Crippen LogP contribution in [0.4, 0.5) is 0 Å². The zero-order valence-corrected chi connectivity index (χ0v) is 8.78. The minimum atomic E-state index is 0.748. The molecule has 15 heavy (non-hydrogen) atoms. The van der Waals surface area contributed by atoms with Gasteiger partial charge in [-0.25, -0.2) is 0 Å². The van der Waals surface area contributed by atoms with Crippen molar-refractivity contribution < 1.29 is 10.5 Å². The fourth-order valence-corrected chi connectivity index (χ4v) is 1.61. The summed E-state index contributed by atoms with van der Waals surface area (Å²) in [7, 11) is 0. The standard InChI is InChI=1S/C13H15NO/c14-9-4-10-15-13-8-3-6-11-5-1-2-7-12(11)13/h1-3,5-8H,4,9-10,14H2/p+1. The quantitative estimate of drug-likeness (QED) is 0.755. The number of ether oxygens (including phenoxy) is 1. The Morgan fingerprint density at radius 1 is 1.00 bits per heavy atom. The van der Waals surface area contributed by atoms with E-state index in [0.717, 1.165) is 25.3 Å². The van der Waals surface area contributed by atoms with E-state index in [1.165, 1.54) is 10.8 Å². The third-order valence-electron chi connectivity index (χ3n) is 2.40. The third-order valence-corrected chi connectivity index (χ3v) is 2.40. The topological polar surface area (TPSA) is 36.9 Å². The molecule has 0 aromatic heterocycles. The van der Waals surface area contributed by atoms with E-state index in [9.17, 15) is 0 Å². The predicted octanol–water partition coefficient (Wildman–Crippen LogP) is 1.85. The Bertz CT molecular complexity index is 434. The van der Waals surface area contributed by atoms with Gasteiger partial charge in [0.1, 0.15) is 5.75 Å². The van der Waals surface area contributed by atoms with Crippen molar-refractivity contribution in [3.05, 3.63) is 42.5 Å². The van der Waals surface area contributed by atoms with E-state index < -0.39 is 0 Å². The van der Waals surface area contributed by atoms with Gasteiger partial charge >= 0.3 is 0 Å². The summed E-state index contributed by atoms with van der Waals surface area (Å²) in [4.78, 5) is 0. The van der Waals surface area contributed by atoms with Crippen molar-refractivity contribution in [3.8, 4) is 5.75 Å². The second kappa shape index (κ2) is 4.80. The summed E-state index contributed by atoms with van der Waals surface area (Å²) in [5.41, 5.74) is 3.80. The highest BCUT2D eigenvalue weighted by molar-refractivity contribution is 5.88. The minimum absolute atomic E-state index is 0.748. The number of hydrogen-bond donors (Lipinski definition) is 1. The highest BCUT2D eigenvalue weighted by atomic mass is 16.5. The molecule has 2 aromatic rings. The smallest absolute Gasteiger partial charge is 0.127 e. The van der Waals surface area contributed by atoms with Crippen LogP contribution in [0.3, 0.4) is 0 Å². The third kappa shape index (κ3) is 2.28. The van der Waals surface area contributed by atoms with Gasteiger partial charge in [0.25, 0.3) is 0 Å². The normalized spacial score (nSPS) is 10.5. The maximum atomic E-state index is 5.72. The second-order valence-corrected chi connectivity index (χ2v) is 3.53. The van der Waals surface area contributed by atoms with E-state index in [-0.39, 0.29) is 0 Å². The number of rotatable bonds is 4. The number of quaternary nitrogens is 1. The highest BCUT2D eigenvalue weighted by Gasteiger charge is 2.00. The average molecular weight is 202 g/mol. The summed E-state index contributed by atoms with van der Waals surface area (Å²) in [5, 5.41) is 2.41. The van der Waals surface area contributed by atoms with Crippen molar-refractivity contribution in [2.45, 2.75) is 6.42 Å². The first-order chi connectivity index (χ1) is 7.42. The summed E-state index contributed by atoms with van der Waals surface area (Å²) in [6.07, 6.45) is 1.00. The van der Waals surface area contributed by atoms with E-state index in [2.05, 4.69) is 23.9 Å². The van der Waals surface area contributed by atoms with Crippen LogP contribution in [0, 0.1) is 0 Å². The van der Waals surface area contributed by atoms with Crippen LogP contribution in [0.1, 0.15) is 6.42 Å². The van der Waals surface area contributed by atoms with Crippen LogP contribution >= 0.6 is 0 Å². The predicted molar refractivity (Wildman–Crippen MR) is 61.8 cm³/mol. The Balaban J connectivity index is 2.26. The molecule has 2 rings (SSSR count). The molecule has 0 heterocycles. The van der Waals surface area contributed by atoms with Crippen molar-refractivity contribution in [1.29, 1.82) is 0 Å². The van der Waals surface area contributed by atoms with Crippen LogP contribution in [0.15, 0.2) is 42.5 Å². The van der Waals surface area contributed by atoms with Gasteiger partial charge in [-0.05, 0) is 11.5 Å². The van der Waals surface area contributed by atoms with Gasteiger partial charge in [-0.2, -0.15) is 0 Å². The summed E-state index contributed by atoms with van der Waals surface area (Å²) < 4.78 is 5.72. The molecule has 0 radical (unpaired) electrons. The molecule has 0 atom stereocenters. The first-order valence-electron chi connectivity index (χ1n) is 5.31. The van der Waals surface area contributed by atoms with Gasteiger partial charge in [0.2, 0.25) is 0 Å². The monoisotopic (exact) mass is 202 g/mol. The van der Waals surface area contributed by atoms with E-state index in [1.54, 1.807) is 0 Å². The Labute approximate surface area is 89.7 Å². The zero-order chi connectivity index (χ0) is 10.5. The molecule has 2 aromatic carbocycles. The van der Waals surface area contributed by atoms with Gasteiger partial charge in [-0.1, -0.05) is 36.4 Å². The molecule has 0 saturated carbocycles. The minimum Gasteiger partial charge on any atom is -0.493 e. The molecule has 0 unspecified atom stereocenters. The maximum absolute atomic E-state index is 5.72. The van der Waals surface area contributed by atoms with Crippen molar-refractivity contribution in [3.63, 3.8) is 0 Å². The lowest BCUT2D eigenvalue weighted by molar-refractivity contribution is -0.368. The Morgan fingerprint density at radius 2 is 1.80 bits per heavy atom. The molecule has 2 heteroatoms. The summed E-state index contributed by atoms with van der Waals surface area (Å²) in [5.74, 6) is 0.974. The number of fused-ring (bicyclic) bond motifs is 1. The molecule has 0 amide bonds. The maximum Gasteiger partial charge on any atom is 0.127 e. The summed E-state index contributed by atoms with van der Waals surface area (Å²) in [6.45, 7) is 1.67. The van der Waals surface area contributed by atoms with E-state index in [4.69, 9.17) is 4.74 Å². The van der Waals surface area contributed by atoms with Crippen molar-refractivity contribution in [1.82, 2.24) is 0 Å². The lowest BCUT2D eigenvalue weighted by atomic mass is 10.1. The molecule has 0 aliphatic rings. The number of hydrogen-bond acceptors (Lipinski definition) is 1. The molecule has 0 aliphatic heterocycles. The van der Waals surface area contributed by atoms with Crippen molar-refractivity contribution in [2.75, 3.05) is 13.2 Å². The SMILES string of the molecule is [NH3+]CCCOc1cccc2ccccc12. The lowest BCUT2D eigenvalue weighted by Crippen LogP contribution is -2.50. The zero-order valence-electron chi connectivity index (χ0n) is 8.78. The Hall–Kier alpha value is -1.54. The first kappa shape index (κ1) is 9.99. The van der Waals surface area contributed by atoms with Crippen molar-refractivity contribution >= 4 is 10.8 Å². The van der Waals surface area contributed by atoms with Crippen LogP contribution in [-0.2, 0) is 0 Å². The Kier molecular flexibility index (Phi) is 3.20. The van der Waals surface area contributed by atoms with Gasteiger partial charge in [-0.15, -0.1) is 0 Å². The van der Waals surface area contributed by atoms with Crippen LogP contribution in [-0.4, -0.2) is 13.2 Å². The highest BCUT2D eigenvalue weighted by Crippen LogP contribution is 2.24. The van der Waals surface area contributed by atoms with Gasteiger partial charge in [0.05, 0.1) is 13.2 Å². The summed E-state index contributed by atoms with van der Waals surface area (Å²) >= 11 is 0. The Morgan fingerprint density at radius 3 is 2.67 bits per heavy atom. The molecule has 0 spiro atoms. The van der Waals surface area contributed by atoms with E-state index >= 15 is 0 Å². The van der Waals surface area contributed by atoms with Crippen LogP contribution in [0.2, 0.25) is 0 Å². The van der Waals surface area contributed by atoms with Gasteiger partial charge < -0.3 is 10.5 Å².